The number of ether oxygens (including phenoxy) is 1. The van der Waals surface area contributed by atoms with Crippen LogP contribution in [0, 0.1) is 23.7 Å². The van der Waals surface area contributed by atoms with Crippen LogP contribution in [0.25, 0.3) is 0 Å². The van der Waals surface area contributed by atoms with E-state index >= 15 is 0 Å². The van der Waals surface area contributed by atoms with Crippen molar-refractivity contribution in [2.75, 3.05) is 6.61 Å². The van der Waals surface area contributed by atoms with E-state index in [4.69, 9.17) is 4.74 Å². The van der Waals surface area contributed by atoms with Crippen LogP contribution in [-0.4, -0.2) is 6.61 Å². The van der Waals surface area contributed by atoms with E-state index in [1.165, 1.54) is 11.1 Å². The molecule has 19 heavy (non-hydrogen) atoms. The average molecular weight is 258 g/mol. The predicted octanol–water partition coefficient (Wildman–Crippen LogP) is 3.05. The fourth-order valence-corrected chi connectivity index (χ4v) is 4.03. The quantitative estimate of drug-likeness (QED) is 0.557. The van der Waals surface area contributed by atoms with Crippen molar-refractivity contribution in [3.63, 3.8) is 0 Å². The lowest BCUT2D eigenvalue weighted by Gasteiger charge is -2.47. The smallest absolute Gasteiger partial charge is 0.174 e. The molecule has 1 fully saturated rings. The molecule has 2 heterocycles. The molecule has 1 saturated heterocycles. The third-order valence-corrected chi connectivity index (χ3v) is 5.05. The largest absolute Gasteiger partial charge is 0.372 e. The molecule has 5 atom stereocenters. The summed E-state index contributed by atoms with van der Waals surface area (Å²) in [6.45, 7) is 7.90. The van der Waals surface area contributed by atoms with Gasteiger partial charge in [-0.15, -0.1) is 0 Å². The molecule has 0 radical (unpaired) electrons. The lowest BCUT2D eigenvalue weighted by Crippen LogP contribution is -2.43. The summed E-state index contributed by atoms with van der Waals surface area (Å²) in [5.74, 6) is 2.59. The summed E-state index contributed by atoms with van der Waals surface area (Å²) in [4.78, 5) is 0. The van der Waals surface area contributed by atoms with E-state index in [9.17, 15) is 0 Å². The van der Waals surface area contributed by atoms with Crippen LogP contribution in [0.5, 0.6) is 0 Å². The zero-order valence-corrected chi connectivity index (χ0v) is 12.3. The van der Waals surface area contributed by atoms with Gasteiger partial charge in [0, 0.05) is 17.5 Å². The minimum atomic E-state index is 0.224. The van der Waals surface area contributed by atoms with Crippen molar-refractivity contribution in [2.24, 2.45) is 30.7 Å². The van der Waals surface area contributed by atoms with Crippen LogP contribution < -0.4 is 4.57 Å². The molecule has 1 aliphatic carbocycles. The summed E-state index contributed by atoms with van der Waals surface area (Å²) >= 11 is 0. The second-order valence-corrected chi connectivity index (χ2v) is 6.38. The van der Waals surface area contributed by atoms with Crippen LogP contribution in [0.4, 0.5) is 0 Å². The van der Waals surface area contributed by atoms with Gasteiger partial charge in [0.1, 0.15) is 7.05 Å². The van der Waals surface area contributed by atoms with Crippen molar-refractivity contribution in [3.05, 3.63) is 41.7 Å². The Morgan fingerprint density at radius 2 is 2.11 bits per heavy atom. The highest BCUT2D eigenvalue weighted by Gasteiger charge is 2.44. The normalized spacial score (nSPS) is 37.9. The summed E-state index contributed by atoms with van der Waals surface area (Å²) in [6.07, 6.45) is 6.96. The van der Waals surface area contributed by atoms with E-state index in [2.05, 4.69) is 63.0 Å². The molecule has 0 spiro atoms. The van der Waals surface area contributed by atoms with Crippen LogP contribution >= 0.6 is 0 Å². The third-order valence-electron chi connectivity index (χ3n) is 5.05. The molecule has 2 heteroatoms. The summed E-state index contributed by atoms with van der Waals surface area (Å²) in [7, 11) is 2.07. The van der Waals surface area contributed by atoms with E-state index in [0.717, 1.165) is 6.61 Å². The molecule has 2 bridgehead atoms. The fraction of sp³-hybridized carbons (Fsp3) is 0.588. The van der Waals surface area contributed by atoms with Gasteiger partial charge in [-0.25, -0.2) is 4.57 Å². The lowest BCUT2D eigenvalue weighted by atomic mass is 9.65. The number of rotatable bonds is 1. The van der Waals surface area contributed by atoms with Crippen molar-refractivity contribution in [3.8, 4) is 0 Å². The number of fused-ring (bicyclic) bond motifs is 2. The van der Waals surface area contributed by atoms with Gasteiger partial charge < -0.3 is 4.74 Å². The molecule has 0 saturated carbocycles. The van der Waals surface area contributed by atoms with Gasteiger partial charge in [0.25, 0.3) is 0 Å². The van der Waals surface area contributed by atoms with Gasteiger partial charge >= 0.3 is 0 Å². The van der Waals surface area contributed by atoms with E-state index in [1.807, 2.05) is 0 Å². The first-order valence-corrected chi connectivity index (χ1v) is 7.33. The molecule has 1 aromatic heterocycles. The first-order valence-electron chi connectivity index (χ1n) is 7.33. The Bertz CT molecular complexity index is 508. The molecule has 0 unspecified atom stereocenters. The van der Waals surface area contributed by atoms with Gasteiger partial charge in [-0.1, -0.05) is 25.5 Å². The lowest BCUT2D eigenvalue weighted by molar-refractivity contribution is -0.672. The number of hydrogen-bond donors (Lipinski definition) is 0. The maximum absolute atomic E-state index is 6.24. The van der Waals surface area contributed by atoms with Gasteiger partial charge in [-0.05, 0) is 30.7 Å². The highest BCUT2D eigenvalue weighted by molar-refractivity contribution is 5.22. The van der Waals surface area contributed by atoms with Crippen LogP contribution in [0.2, 0.25) is 0 Å². The molecule has 0 N–H and O–H groups in total. The van der Waals surface area contributed by atoms with Gasteiger partial charge in [-0.2, -0.15) is 0 Å². The summed E-state index contributed by atoms with van der Waals surface area (Å²) in [5.41, 5.74) is 2.81. The summed E-state index contributed by atoms with van der Waals surface area (Å²) in [5, 5.41) is 0. The molecule has 2 nitrogen and oxygen atoms in total. The van der Waals surface area contributed by atoms with Crippen molar-refractivity contribution in [1.82, 2.24) is 0 Å². The number of pyridine rings is 1. The monoisotopic (exact) mass is 258 g/mol. The van der Waals surface area contributed by atoms with Crippen LogP contribution in [0.15, 0.2) is 36.2 Å². The van der Waals surface area contributed by atoms with Gasteiger partial charge in [0.05, 0.1) is 12.7 Å². The molecule has 3 rings (SSSR count). The number of allylic oxidation sites excluding steroid dienone is 1. The first-order chi connectivity index (χ1) is 9.08. The van der Waals surface area contributed by atoms with Gasteiger partial charge in [0.15, 0.2) is 12.4 Å². The van der Waals surface area contributed by atoms with E-state index < -0.39 is 0 Å². The minimum Gasteiger partial charge on any atom is -0.372 e. The second kappa shape index (κ2) is 4.75. The molecular weight excluding hydrogens is 234 g/mol. The minimum absolute atomic E-state index is 0.224. The van der Waals surface area contributed by atoms with Crippen molar-refractivity contribution < 1.29 is 9.30 Å². The van der Waals surface area contributed by atoms with E-state index in [1.54, 1.807) is 0 Å². The van der Waals surface area contributed by atoms with E-state index in [-0.39, 0.29) is 6.10 Å². The molecule has 0 amide bonds. The Balaban J connectivity index is 1.98. The Morgan fingerprint density at radius 1 is 1.32 bits per heavy atom. The molecule has 0 aromatic carbocycles. The van der Waals surface area contributed by atoms with Crippen molar-refractivity contribution in [2.45, 2.75) is 26.9 Å². The third kappa shape index (κ3) is 2.12. The molecule has 102 valence electrons. The Labute approximate surface area is 116 Å². The number of hydrogen-bond acceptors (Lipinski definition) is 1. The SMILES string of the molecule is CC1=C[C@H](C)[C@@H]2CO[C@@H](c3ccc[n+](C)c3)[C@@H]1[C@@H]2C. The Hall–Kier alpha value is -1.15. The molecule has 1 aromatic rings. The second-order valence-electron chi connectivity index (χ2n) is 6.38. The average Bonchev–Trinajstić information content (AvgIpc) is 2.35. The number of aromatic nitrogens is 1. The van der Waals surface area contributed by atoms with Gasteiger partial charge in [0.2, 0.25) is 0 Å². The van der Waals surface area contributed by atoms with Crippen LogP contribution in [0.3, 0.4) is 0 Å². The topological polar surface area (TPSA) is 13.1 Å². The summed E-state index contributed by atoms with van der Waals surface area (Å²) in [6, 6.07) is 4.31. The zero-order valence-electron chi connectivity index (χ0n) is 12.3. The van der Waals surface area contributed by atoms with Crippen molar-refractivity contribution >= 4 is 0 Å². The standard InChI is InChI=1S/C17H24NO/c1-11-8-12(2)16-13(3)15(11)10-19-17(16)14-6-5-7-18(4)9-14/h5-9,11,13,15-17H,10H2,1-4H3/q+1/t11-,13+,15-,16-,17-/m0/s1. The molecular formula is C17H24NO+. The Morgan fingerprint density at radius 3 is 2.84 bits per heavy atom. The maximum atomic E-state index is 6.24. The first kappa shape index (κ1) is 12.9. The fourth-order valence-electron chi connectivity index (χ4n) is 4.03. The zero-order chi connectivity index (χ0) is 13.6. The predicted molar refractivity (Wildman–Crippen MR) is 75.4 cm³/mol. The maximum Gasteiger partial charge on any atom is 0.174 e. The number of aryl methyl sites for hydroxylation is 1. The summed E-state index contributed by atoms with van der Waals surface area (Å²) < 4.78 is 8.35. The molecule has 2 aliphatic rings. The Kier molecular flexibility index (Phi) is 3.22. The van der Waals surface area contributed by atoms with Crippen LogP contribution in [0.1, 0.15) is 32.4 Å². The molecule has 1 aliphatic heterocycles. The van der Waals surface area contributed by atoms with E-state index in [0.29, 0.717) is 23.7 Å². The highest BCUT2D eigenvalue weighted by Crippen LogP contribution is 2.49. The van der Waals surface area contributed by atoms with Crippen molar-refractivity contribution in [1.29, 1.82) is 0 Å². The van der Waals surface area contributed by atoms with Gasteiger partial charge in [-0.3, -0.25) is 0 Å². The number of nitrogens with zero attached hydrogens (tertiary/aromatic N) is 1. The highest BCUT2D eigenvalue weighted by atomic mass is 16.5. The van der Waals surface area contributed by atoms with Crippen LogP contribution in [-0.2, 0) is 11.8 Å².